The van der Waals surface area contributed by atoms with Gasteiger partial charge in [0.1, 0.15) is 0 Å². The molecule has 13 heavy (non-hydrogen) atoms. The molecule has 70 valence electrons. The van der Waals surface area contributed by atoms with Crippen LogP contribution in [-0.2, 0) is 17.8 Å². The fourth-order valence-electron chi connectivity index (χ4n) is 1.39. The minimum absolute atomic E-state index is 0. The highest BCUT2D eigenvalue weighted by Gasteiger charge is 2.26. The van der Waals surface area contributed by atoms with E-state index in [0.29, 0.717) is 13.2 Å². The third kappa shape index (κ3) is 1.86. The maximum Gasteiger partial charge on any atom is 0.491 e. The van der Waals surface area contributed by atoms with Crippen LogP contribution in [0.1, 0.15) is 11.1 Å². The molecular formula is C8H11BClNO2. The van der Waals surface area contributed by atoms with Crippen molar-refractivity contribution in [2.75, 3.05) is 0 Å². The van der Waals surface area contributed by atoms with E-state index >= 15 is 0 Å². The van der Waals surface area contributed by atoms with E-state index in [4.69, 9.17) is 10.4 Å². The molecule has 2 rings (SSSR count). The Hall–Kier alpha value is -0.545. The molecule has 5 heteroatoms. The SMILES string of the molecule is Cl.NCc1ccc2c(c1)B(O)OC2. The number of fused-ring (bicyclic) bond motifs is 1. The van der Waals surface area contributed by atoms with Gasteiger partial charge in [0.25, 0.3) is 0 Å². The van der Waals surface area contributed by atoms with Crippen molar-refractivity contribution in [1.29, 1.82) is 0 Å². The van der Waals surface area contributed by atoms with Gasteiger partial charge in [0.05, 0.1) is 6.61 Å². The molecule has 0 spiro atoms. The van der Waals surface area contributed by atoms with Gasteiger partial charge in [0, 0.05) is 6.54 Å². The second-order valence-electron chi connectivity index (χ2n) is 2.90. The molecule has 0 amide bonds. The lowest BCUT2D eigenvalue weighted by Crippen LogP contribution is -2.28. The lowest BCUT2D eigenvalue weighted by molar-refractivity contribution is 0.275. The summed E-state index contributed by atoms with van der Waals surface area (Å²) < 4.78 is 5.04. The van der Waals surface area contributed by atoms with Gasteiger partial charge in [-0.15, -0.1) is 12.4 Å². The van der Waals surface area contributed by atoms with Crippen molar-refractivity contribution in [2.45, 2.75) is 13.2 Å². The van der Waals surface area contributed by atoms with Gasteiger partial charge < -0.3 is 15.4 Å². The van der Waals surface area contributed by atoms with E-state index in [9.17, 15) is 5.02 Å². The summed E-state index contributed by atoms with van der Waals surface area (Å²) in [5.74, 6) is 0. The molecule has 1 aliphatic heterocycles. The molecule has 3 nitrogen and oxygen atoms in total. The summed E-state index contributed by atoms with van der Waals surface area (Å²) in [4.78, 5) is 0. The lowest BCUT2D eigenvalue weighted by Gasteiger charge is -2.00. The zero-order chi connectivity index (χ0) is 8.55. The van der Waals surface area contributed by atoms with Crippen LogP contribution < -0.4 is 11.2 Å². The molecule has 0 aliphatic carbocycles. The van der Waals surface area contributed by atoms with Gasteiger partial charge in [-0.1, -0.05) is 18.2 Å². The minimum Gasteiger partial charge on any atom is -0.423 e. The van der Waals surface area contributed by atoms with Crippen molar-refractivity contribution >= 4 is 25.0 Å². The Bertz CT molecular complexity index is 308. The van der Waals surface area contributed by atoms with Gasteiger partial charge in [-0.2, -0.15) is 0 Å². The van der Waals surface area contributed by atoms with E-state index in [1.54, 1.807) is 0 Å². The predicted octanol–water partition coefficient (Wildman–Crippen LogP) is -0.215. The van der Waals surface area contributed by atoms with E-state index < -0.39 is 7.12 Å². The van der Waals surface area contributed by atoms with E-state index in [2.05, 4.69) is 0 Å². The van der Waals surface area contributed by atoms with Crippen LogP contribution in [0.2, 0.25) is 0 Å². The normalized spacial score (nSPS) is 13.8. The molecule has 1 aromatic carbocycles. The monoisotopic (exact) mass is 199 g/mol. The Morgan fingerprint density at radius 3 is 3.00 bits per heavy atom. The summed E-state index contributed by atoms with van der Waals surface area (Å²) >= 11 is 0. The van der Waals surface area contributed by atoms with E-state index in [1.807, 2.05) is 18.2 Å². The molecule has 1 heterocycles. The second kappa shape index (κ2) is 4.11. The van der Waals surface area contributed by atoms with Crippen LogP contribution in [0.5, 0.6) is 0 Å². The number of hydrogen-bond acceptors (Lipinski definition) is 3. The summed E-state index contributed by atoms with van der Waals surface area (Å²) in [5, 5.41) is 9.34. The quantitative estimate of drug-likeness (QED) is 0.615. The Balaban J connectivity index is 0.000000845. The maximum absolute atomic E-state index is 9.34. The van der Waals surface area contributed by atoms with Crippen LogP contribution in [0.3, 0.4) is 0 Å². The molecule has 1 aromatic rings. The summed E-state index contributed by atoms with van der Waals surface area (Å²) in [7, 11) is -0.758. The lowest BCUT2D eigenvalue weighted by atomic mass is 9.79. The fraction of sp³-hybridized carbons (Fsp3) is 0.250. The first-order valence-electron chi connectivity index (χ1n) is 3.92. The van der Waals surface area contributed by atoms with Crippen LogP contribution in [0.25, 0.3) is 0 Å². The van der Waals surface area contributed by atoms with E-state index in [-0.39, 0.29) is 12.4 Å². The maximum atomic E-state index is 9.34. The van der Waals surface area contributed by atoms with Crippen LogP contribution in [0.15, 0.2) is 18.2 Å². The highest BCUT2D eigenvalue weighted by Crippen LogP contribution is 2.10. The molecule has 1 aliphatic rings. The van der Waals surface area contributed by atoms with Crippen molar-refractivity contribution < 1.29 is 9.68 Å². The summed E-state index contributed by atoms with van der Waals surface area (Å²) in [6.45, 7) is 1.00. The smallest absolute Gasteiger partial charge is 0.423 e. The number of nitrogens with two attached hydrogens (primary N) is 1. The number of rotatable bonds is 1. The predicted molar refractivity (Wildman–Crippen MR) is 54.0 cm³/mol. The summed E-state index contributed by atoms with van der Waals surface area (Å²) in [6, 6.07) is 5.81. The number of halogens is 1. The third-order valence-electron chi connectivity index (χ3n) is 2.11. The molecular weight excluding hydrogens is 188 g/mol. The zero-order valence-electron chi connectivity index (χ0n) is 7.06. The highest BCUT2D eigenvalue weighted by molar-refractivity contribution is 6.61. The Morgan fingerprint density at radius 1 is 1.54 bits per heavy atom. The van der Waals surface area contributed by atoms with Crippen LogP contribution in [-0.4, -0.2) is 12.1 Å². The average molecular weight is 199 g/mol. The summed E-state index contributed by atoms with van der Waals surface area (Å²) in [6.07, 6.45) is 0. The minimum atomic E-state index is -0.758. The largest absolute Gasteiger partial charge is 0.491 e. The van der Waals surface area contributed by atoms with Crippen molar-refractivity contribution in [1.82, 2.24) is 0 Å². The average Bonchev–Trinajstić information content (AvgIpc) is 2.47. The molecule has 0 unspecified atom stereocenters. The third-order valence-corrected chi connectivity index (χ3v) is 2.11. The van der Waals surface area contributed by atoms with Gasteiger partial charge in [-0.25, -0.2) is 0 Å². The van der Waals surface area contributed by atoms with E-state index in [1.165, 1.54) is 0 Å². The Labute approximate surface area is 83.4 Å². The topological polar surface area (TPSA) is 55.5 Å². The molecule has 0 bridgehead atoms. The number of hydrogen-bond donors (Lipinski definition) is 2. The first-order chi connectivity index (χ1) is 5.81. The van der Waals surface area contributed by atoms with Crippen LogP contribution in [0, 0.1) is 0 Å². The first kappa shape index (κ1) is 10.5. The Morgan fingerprint density at radius 2 is 2.31 bits per heavy atom. The zero-order valence-corrected chi connectivity index (χ0v) is 7.88. The molecule has 0 fully saturated rings. The number of benzene rings is 1. The second-order valence-corrected chi connectivity index (χ2v) is 2.90. The molecule has 3 N–H and O–H groups in total. The van der Waals surface area contributed by atoms with Gasteiger partial charge in [0.15, 0.2) is 0 Å². The highest BCUT2D eigenvalue weighted by atomic mass is 35.5. The first-order valence-corrected chi connectivity index (χ1v) is 3.92. The van der Waals surface area contributed by atoms with Gasteiger partial charge in [-0.05, 0) is 16.6 Å². The van der Waals surface area contributed by atoms with Gasteiger partial charge in [0.2, 0.25) is 0 Å². The standard InChI is InChI=1S/C8H10BNO2.ClH/c10-4-6-1-2-7-5-12-9(11)8(7)3-6;/h1-3,11H,4-5,10H2;1H. The fourth-order valence-corrected chi connectivity index (χ4v) is 1.39. The summed E-state index contributed by atoms with van der Waals surface area (Å²) in [5.41, 5.74) is 8.41. The Kier molecular flexibility index (Phi) is 3.33. The van der Waals surface area contributed by atoms with Crippen molar-refractivity contribution in [3.8, 4) is 0 Å². The van der Waals surface area contributed by atoms with Crippen LogP contribution in [0.4, 0.5) is 0 Å². The molecule has 0 aromatic heterocycles. The molecule has 0 saturated carbocycles. The molecule has 0 atom stereocenters. The van der Waals surface area contributed by atoms with Crippen molar-refractivity contribution in [2.24, 2.45) is 5.73 Å². The van der Waals surface area contributed by atoms with Crippen molar-refractivity contribution in [3.05, 3.63) is 29.3 Å². The van der Waals surface area contributed by atoms with E-state index in [0.717, 1.165) is 16.6 Å². The van der Waals surface area contributed by atoms with Gasteiger partial charge in [-0.3, -0.25) is 0 Å². The van der Waals surface area contributed by atoms with Crippen molar-refractivity contribution in [3.63, 3.8) is 0 Å². The molecule has 0 radical (unpaired) electrons. The molecule has 0 saturated heterocycles. The van der Waals surface area contributed by atoms with Crippen LogP contribution >= 0.6 is 12.4 Å². The van der Waals surface area contributed by atoms with Gasteiger partial charge >= 0.3 is 7.12 Å².